The van der Waals surface area contributed by atoms with Crippen LogP contribution in [0.4, 0.5) is 0 Å². The molecule has 4 nitrogen and oxygen atoms in total. The molecule has 0 amide bonds. The highest BCUT2D eigenvalue weighted by atomic mass is 35.5. The van der Waals surface area contributed by atoms with Gasteiger partial charge < -0.3 is 4.74 Å². The van der Waals surface area contributed by atoms with E-state index in [0.717, 1.165) is 22.2 Å². The fourth-order valence-corrected chi connectivity index (χ4v) is 4.71. The molecule has 0 bridgehead atoms. The molecule has 5 aromatic rings. The minimum Gasteiger partial charge on any atom is -0.489 e. The molecule has 0 N–H and O–H groups in total. The molecule has 30 heavy (non-hydrogen) atoms. The second kappa shape index (κ2) is 7.76. The molecule has 7 heteroatoms. The summed E-state index contributed by atoms with van der Waals surface area (Å²) in [6, 6.07) is 20.5. The average molecular weight is 453 g/mol. The minimum absolute atomic E-state index is 0.0667. The predicted molar refractivity (Wildman–Crippen MR) is 123 cm³/mol. The van der Waals surface area contributed by atoms with Crippen molar-refractivity contribution in [2.24, 2.45) is 0 Å². The standard InChI is InChI=1S/C23H14Cl2N2O2S/c24-16-9-8-15(18(25)12-16)13-29-17-5-3-4-14(10-17)11-21-22(28)27-20-7-2-1-6-19(20)26-23(27)30-21/h1-12H,13H2/b21-11-. The summed E-state index contributed by atoms with van der Waals surface area (Å²) >= 11 is 13.5. The number of hydrogen-bond donors (Lipinski definition) is 0. The van der Waals surface area contributed by atoms with Gasteiger partial charge >= 0.3 is 0 Å². The third kappa shape index (κ3) is 3.56. The molecule has 0 aliphatic carbocycles. The summed E-state index contributed by atoms with van der Waals surface area (Å²) in [4.78, 5) is 18.2. The maximum atomic E-state index is 12.9. The smallest absolute Gasteiger partial charge is 0.274 e. The number of rotatable bonds is 4. The van der Waals surface area contributed by atoms with Gasteiger partial charge in [-0.3, -0.25) is 4.79 Å². The van der Waals surface area contributed by atoms with Gasteiger partial charge in [-0.25, -0.2) is 9.38 Å². The van der Waals surface area contributed by atoms with Crippen molar-refractivity contribution in [2.75, 3.05) is 0 Å². The summed E-state index contributed by atoms with van der Waals surface area (Å²) in [5.41, 5.74) is 3.31. The van der Waals surface area contributed by atoms with Gasteiger partial charge in [0.2, 0.25) is 0 Å². The molecule has 0 spiro atoms. The zero-order chi connectivity index (χ0) is 20.7. The van der Waals surface area contributed by atoms with Crippen molar-refractivity contribution >= 4 is 56.6 Å². The number of thiazole rings is 1. The van der Waals surface area contributed by atoms with Crippen LogP contribution < -0.4 is 14.8 Å². The van der Waals surface area contributed by atoms with Gasteiger partial charge in [0.1, 0.15) is 12.4 Å². The topological polar surface area (TPSA) is 43.6 Å². The number of nitrogens with zero attached hydrogens (tertiary/aromatic N) is 2. The van der Waals surface area contributed by atoms with E-state index in [4.69, 9.17) is 27.9 Å². The number of ether oxygens (including phenoxy) is 1. The molecule has 5 rings (SSSR count). The molecular formula is C23H14Cl2N2O2S. The number of fused-ring (bicyclic) bond motifs is 3. The highest BCUT2D eigenvalue weighted by Gasteiger charge is 2.10. The lowest BCUT2D eigenvalue weighted by atomic mass is 10.2. The summed E-state index contributed by atoms with van der Waals surface area (Å²) in [5.74, 6) is 0.689. The van der Waals surface area contributed by atoms with E-state index < -0.39 is 0 Å². The number of para-hydroxylation sites is 2. The lowest BCUT2D eigenvalue weighted by molar-refractivity contribution is 0.306. The predicted octanol–water partition coefficient (Wildman–Crippen LogP) is 5.34. The Kier molecular flexibility index (Phi) is 4.95. The fourth-order valence-electron chi connectivity index (χ4n) is 3.26. The minimum atomic E-state index is -0.0667. The van der Waals surface area contributed by atoms with Crippen LogP contribution in [-0.4, -0.2) is 9.38 Å². The quantitative estimate of drug-likeness (QED) is 0.369. The molecule has 0 aliphatic heterocycles. The number of hydrogen-bond acceptors (Lipinski definition) is 4. The Hall–Kier alpha value is -2.86. The van der Waals surface area contributed by atoms with E-state index in [2.05, 4.69) is 4.98 Å². The molecule has 0 aliphatic rings. The van der Waals surface area contributed by atoms with Crippen LogP contribution in [0.1, 0.15) is 11.1 Å². The maximum absolute atomic E-state index is 12.9. The van der Waals surface area contributed by atoms with E-state index in [1.54, 1.807) is 16.5 Å². The van der Waals surface area contributed by atoms with Crippen LogP contribution in [0.3, 0.4) is 0 Å². The Morgan fingerprint density at radius 1 is 1.03 bits per heavy atom. The van der Waals surface area contributed by atoms with Crippen molar-refractivity contribution in [2.45, 2.75) is 6.61 Å². The number of halogens is 2. The van der Waals surface area contributed by atoms with Gasteiger partial charge in [-0.2, -0.15) is 0 Å². The molecule has 3 aromatic carbocycles. The molecule has 0 saturated heterocycles. The van der Waals surface area contributed by atoms with Crippen LogP contribution in [0.15, 0.2) is 71.5 Å². The van der Waals surface area contributed by atoms with E-state index in [9.17, 15) is 4.79 Å². The Balaban J connectivity index is 1.46. The first kappa shape index (κ1) is 19.1. The van der Waals surface area contributed by atoms with Crippen LogP contribution in [0.5, 0.6) is 5.75 Å². The first-order valence-corrected chi connectivity index (χ1v) is 10.7. The van der Waals surface area contributed by atoms with E-state index >= 15 is 0 Å². The molecule has 2 aromatic heterocycles. The van der Waals surface area contributed by atoms with Gasteiger partial charge in [-0.1, -0.05) is 64.9 Å². The second-order valence-electron chi connectivity index (χ2n) is 6.73. The highest BCUT2D eigenvalue weighted by Crippen LogP contribution is 2.23. The van der Waals surface area contributed by atoms with Gasteiger partial charge in [0.25, 0.3) is 5.56 Å². The summed E-state index contributed by atoms with van der Waals surface area (Å²) in [5, 5.41) is 1.15. The largest absolute Gasteiger partial charge is 0.489 e. The summed E-state index contributed by atoms with van der Waals surface area (Å²) in [6.07, 6.45) is 1.86. The van der Waals surface area contributed by atoms with E-state index in [1.165, 1.54) is 11.3 Å². The Bertz CT molecular complexity index is 1510. The normalized spacial score (nSPS) is 12.1. The molecule has 0 fully saturated rings. The number of aromatic nitrogens is 2. The SMILES string of the molecule is O=c1/c(=C/c2cccc(OCc3ccc(Cl)cc3Cl)c2)sc2nc3ccccc3n12. The molecule has 0 unspecified atom stereocenters. The van der Waals surface area contributed by atoms with Gasteiger partial charge in [0.05, 0.1) is 15.6 Å². The maximum Gasteiger partial charge on any atom is 0.274 e. The summed E-state index contributed by atoms with van der Waals surface area (Å²) in [7, 11) is 0. The summed E-state index contributed by atoms with van der Waals surface area (Å²) < 4.78 is 8.17. The molecule has 2 heterocycles. The molecule has 0 atom stereocenters. The third-order valence-corrected chi connectivity index (χ3v) is 6.27. The Labute approximate surface area is 185 Å². The van der Waals surface area contributed by atoms with E-state index in [1.807, 2.05) is 60.7 Å². The van der Waals surface area contributed by atoms with Crippen molar-refractivity contribution in [3.8, 4) is 5.75 Å². The van der Waals surface area contributed by atoms with Crippen molar-refractivity contribution < 1.29 is 4.74 Å². The van der Waals surface area contributed by atoms with Crippen LogP contribution in [-0.2, 0) is 6.61 Å². The molecule has 0 saturated carbocycles. The lowest BCUT2D eigenvalue weighted by Crippen LogP contribution is -2.22. The first-order valence-electron chi connectivity index (χ1n) is 9.17. The van der Waals surface area contributed by atoms with Crippen molar-refractivity contribution in [3.63, 3.8) is 0 Å². The van der Waals surface area contributed by atoms with Gasteiger partial charge in [-0.05, 0) is 48.0 Å². The lowest BCUT2D eigenvalue weighted by Gasteiger charge is -2.08. The molecular weight excluding hydrogens is 439 g/mol. The second-order valence-corrected chi connectivity index (χ2v) is 8.58. The number of benzene rings is 3. The van der Waals surface area contributed by atoms with Gasteiger partial charge in [0, 0.05) is 15.6 Å². The van der Waals surface area contributed by atoms with Crippen LogP contribution >= 0.6 is 34.5 Å². The zero-order valence-corrected chi connectivity index (χ0v) is 17.8. The van der Waals surface area contributed by atoms with E-state index in [0.29, 0.717) is 31.9 Å². The van der Waals surface area contributed by atoms with Crippen LogP contribution in [0, 0.1) is 0 Å². The first-order chi connectivity index (χ1) is 14.6. The Morgan fingerprint density at radius 3 is 2.77 bits per heavy atom. The van der Waals surface area contributed by atoms with Crippen molar-refractivity contribution in [1.82, 2.24) is 9.38 Å². The van der Waals surface area contributed by atoms with Crippen molar-refractivity contribution in [3.05, 3.63) is 103 Å². The van der Waals surface area contributed by atoms with Crippen LogP contribution in [0.25, 0.3) is 22.1 Å². The van der Waals surface area contributed by atoms with Gasteiger partial charge in [-0.15, -0.1) is 0 Å². The van der Waals surface area contributed by atoms with Crippen molar-refractivity contribution in [1.29, 1.82) is 0 Å². The fraction of sp³-hybridized carbons (Fsp3) is 0.0435. The van der Waals surface area contributed by atoms with E-state index in [-0.39, 0.29) is 5.56 Å². The number of imidazole rings is 1. The van der Waals surface area contributed by atoms with Crippen LogP contribution in [0.2, 0.25) is 10.0 Å². The Morgan fingerprint density at radius 2 is 1.90 bits per heavy atom. The third-order valence-electron chi connectivity index (χ3n) is 4.71. The van der Waals surface area contributed by atoms with Gasteiger partial charge in [0.15, 0.2) is 4.96 Å². The monoisotopic (exact) mass is 452 g/mol. The molecule has 0 radical (unpaired) electrons. The molecule has 148 valence electrons. The summed E-state index contributed by atoms with van der Waals surface area (Å²) in [6.45, 7) is 0.324. The zero-order valence-electron chi connectivity index (χ0n) is 15.5. The average Bonchev–Trinajstić information content (AvgIpc) is 3.24. The highest BCUT2D eigenvalue weighted by molar-refractivity contribution is 7.15.